The van der Waals surface area contributed by atoms with Crippen LogP contribution in [0.25, 0.3) is 22.4 Å². The summed E-state index contributed by atoms with van der Waals surface area (Å²) in [4.78, 5) is 36.0. The molecule has 0 bridgehead atoms. The fourth-order valence-corrected chi connectivity index (χ4v) is 3.77. The van der Waals surface area contributed by atoms with Gasteiger partial charge in [0.25, 0.3) is 11.6 Å². The number of nitro groups is 1. The van der Waals surface area contributed by atoms with Gasteiger partial charge in [0.05, 0.1) is 17.0 Å². The van der Waals surface area contributed by atoms with Gasteiger partial charge in [-0.3, -0.25) is 29.2 Å². The number of rotatable bonds is 7. The van der Waals surface area contributed by atoms with Gasteiger partial charge in [0, 0.05) is 42.8 Å². The van der Waals surface area contributed by atoms with E-state index in [0.29, 0.717) is 52.8 Å². The number of carbonyl (C=O) groups is 2. The number of thiocarbonyl (C=S) groups is 1. The maximum Gasteiger partial charge on any atom is 0.305 e. The maximum atomic E-state index is 12.7. The summed E-state index contributed by atoms with van der Waals surface area (Å²) in [6.07, 6.45) is 0.651. The second-order valence-electron chi connectivity index (χ2n) is 6.68. The number of amides is 1. The lowest BCUT2D eigenvalue weighted by Gasteiger charge is -2.15. The topological polar surface area (TPSA) is 108 Å². The molecule has 0 saturated carbocycles. The van der Waals surface area contributed by atoms with Crippen molar-refractivity contribution in [2.75, 3.05) is 13.2 Å². The molecule has 0 saturated heterocycles. The summed E-state index contributed by atoms with van der Waals surface area (Å²) in [6.45, 7) is 2.37. The van der Waals surface area contributed by atoms with Crippen LogP contribution < -0.4 is 0 Å². The lowest BCUT2D eigenvalue weighted by molar-refractivity contribution is -0.384. The highest BCUT2D eigenvalue weighted by molar-refractivity contribution is 7.80. The minimum absolute atomic E-state index is 0.00944. The molecule has 1 amide bonds. The van der Waals surface area contributed by atoms with Gasteiger partial charge in [-0.05, 0) is 37.7 Å². The van der Waals surface area contributed by atoms with Crippen molar-refractivity contribution in [2.45, 2.75) is 19.8 Å². The quantitative estimate of drug-likeness (QED) is 0.245. The van der Waals surface area contributed by atoms with Crippen molar-refractivity contribution < 1.29 is 23.7 Å². The van der Waals surface area contributed by atoms with E-state index in [1.165, 1.54) is 17.0 Å². The molecule has 2 aromatic heterocycles. The summed E-state index contributed by atoms with van der Waals surface area (Å²) in [5.74, 6) is -0.0343. The molecule has 0 N–H and O–H groups in total. The zero-order valence-electron chi connectivity index (χ0n) is 16.0. The highest BCUT2D eigenvalue weighted by Crippen LogP contribution is 2.34. The summed E-state index contributed by atoms with van der Waals surface area (Å²) in [5.41, 5.74) is 2.21. The lowest BCUT2D eigenvalue weighted by Crippen LogP contribution is -2.32. The molecule has 0 radical (unpaired) electrons. The molecule has 1 aliphatic heterocycles. The van der Waals surface area contributed by atoms with E-state index in [9.17, 15) is 19.7 Å². The van der Waals surface area contributed by atoms with Gasteiger partial charge in [-0.15, -0.1) is 0 Å². The third kappa shape index (κ3) is 3.35. The first-order valence-electron chi connectivity index (χ1n) is 9.32. The first kappa shape index (κ1) is 19.8. The van der Waals surface area contributed by atoms with Crippen molar-refractivity contribution in [3.63, 3.8) is 0 Å². The smallest absolute Gasteiger partial charge is 0.305 e. The van der Waals surface area contributed by atoms with Crippen molar-refractivity contribution in [1.82, 2.24) is 9.47 Å². The molecule has 0 unspecified atom stereocenters. The van der Waals surface area contributed by atoms with E-state index in [1.54, 1.807) is 35.8 Å². The Labute approximate surface area is 176 Å². The molecule has 0 aliphatic carbocycles. The first-order chi connectivity index (χ1) is 14.4. The maximum absolute atomic E-state index is 12.7. The summed E-state index contributed by atoms with van der Waals surface area (Å²) in [6, 6.07) is 9.39. The fraction of sp³-hybridized carbons (Fsp3) is 0.250. The van der Waals surface area contributed by atoms with Gasteiger partial charge >= 0.3 is 5.97 Å². The highest BCUT2D eigenvalue weighted by atomic mass is 32.1. The van der Waals surface area contributed by atoms with Gasteiger partial charge in [-0.1, -0.05) is 0 Å². The van der Waals surface area contributed by atoms with Gasteiger partial charge in [-0.25, -0.2) is 0 Å². The van der Waals surface area contributed by atoms with Crippen LogP contribution in [0.4, 0.5) is 5.69 Å². The Morgan fingerprint density at radius 3 is 2.67 bits per heavy atom. The summed E-state index contributed by atoms with van der Waals surface area (Å²) in [7, 11) is 0. The van der Waals surface area contributed by atoms with Crippen LogP contribution in [0.3, 0.4) is 0 Å². The van der Waals surface area contributed by atoms with Crippen LogP contribution in [0, 0.1) is 10.1 Å². The normalized spacial score (nSPS) is 13.2. The molecule has 9 nitrogen and oxygen atoms in total. The number of esters is 1. The number of carbonyl (C=O) groups excluding carboxylic acids is 2. The monoisotopic (exact) mass is 427 g/mol. The number of ether oxygens (including phenoxy) is 1. The molecule has 0 atom stereocenters. The van der Waals surface area contributed by atoms with Crippen molar-refractivity contribution in [3.8, 4) is 11.3 Å². The van der Waals surface area contributed by atoms with Crippen LogP contribution in [0.5, 0.6) is 0 Å². The van der Waals surface area contributed by atoms with Gasteiger partial charge < -0.3 is 9.15 Å². The standard InChI is InChI=1S/C20H17N3O6S/c1-2-28-18(24)4-3-9-21-19(25)15-11-17-14(22(15)20(21)30)10-16(29-17)12-5-7-13(8-6-12)23(26)27/h5-8,10-11H,2-4,9H2,1H3. The van der Waals surface area contributed by atoms with E-state index in [1.807, 2.05) is 0 Å². The Hall–Kier alpha value is -3.53. The van der Waals surface area contributed by atoms with Crippen LogP contribution in [0.2, 0.25) is 0 Å². The van der Waals surface area contributed by atoms with E-state index >= 15 is 0 Å². The largest absolute Gasteiger partial charge is 0.466 e. The molecule has 3 aromatic rings. The number of nitro benzene ring substituents is 1. The summed E-state index contributed by atoms with van der Waals surface area (Å²) < 4.78 is 12.4. The van der Waals surface area contributed by atoms with Crippen molar-refractivity contribution in [1.29, 1.82) is 0 Å². The Kier molecular flexibility index (Phi) is 5.08. The van der Waals surface area contributed by atoms with E-state index in [0.717, 1.165) is 0 Å². The van der Waals surface area contributed by atoms with Crippen LogP contribution in [0.15, 0.2) is 40.8 Å². The number of aromatic nitrogens is 1. The van der Waals surface area contributed by atoms with Crippen LogP contribution in [-0.4, -0.2) is 44.5 Å². The number of furan rings is 1. The Morgan fingerprint density at radius 1 is 1.27 bits per heavy atom. The summed E-state index contributed by atoms with van der Waals surface area (Å²) in [5, 5.41) is 11.1. The molecule has 30 heavy (non-hydrogen) atoms. The fourth-order valence-electron chi connectivity index (χ4n) is 3.40. The third-order valence-corrected chi connectivity index (χ3v) is 5.21. The zero-order valence-corrected chi connectivity index (χ0v) is 16.8. The first-order valence-corrected chi connectivity index (χ1v) is 9.73. The van der Waals surface area contributed by atoms with Crippen molar-refractivity contribution in [2.24, 2.45) is 0 Å². The molecule has 1 aromatic carbocycles. The molecular formula is C20H17N3O6S. The minimum atomic E-state index is -0.467. The zero-order chi connectivity index (χ0) is 21.4. The van der Waals surface area contributed by atoms with E-state index < -0.39 is 4.92 Å². The molecule has 1 aliphatic rings. The predicted molar refractivity (Wildman–Crippen MR) is 111 cm³/mol. The minimum Gasteiger partial charge on any atom is -0.466 e. The molecule has 3 heterocycles. The Morgan fingerprint density at radius 2 is 2.00 bits per heavy atom. The van der Waals surface area contributed by atoms with Gasteiger partial charge in [0.1, 0.15) is 11.5 Å². The van der Waals surface area contributed by atoms with E-state index in [-0.39, 0.29) is 24.0 Å². The number of non-ortho nitro benzene ring substituents is 1. The molecular weight excluding hydrogens is 410 g/mol. The average Bonchev–Trinajstić information content (AvgIpc) is 3.34. The number of hydrogen-bond acceptors (Lipinski definition) is 7. The Balaban J connectivity index is 1.56. The average molecular weight is 427 g/mol. The van der Waals surface area contributed by atoms with Crippen LogP contribution >= 0.6 is 12.2 Å². The number of nitrogens with zero attached hydrogens (tertiary/aromatic N) is 3. The molecule has 0 fully saturated rings. The van der Waals surface area contributed by atoms with Crippen LogP contribution in [0.1, 0.15) is 30.3 Å². The van der Waals surface area contributed by atoms with Crippen molar-refractivity contribution in [3.05, 3.63) is 52.2 Å². The molecule has 10 heteroatoms. The Bertz CT molecular complexity index is 1180. The predicted octanol–water partition coefficient (Wildman–Crippen LogP) is 3.74. The van der Waals surface area contributed by atoms with E-state index in [4.69, 9.17) is 21.4 Å². The molecule has 154 valence electrons. The highest BCUT2D eigenvalue weighted by Gasteiger charge is 2.35. The summed E-state index contributed by atoms with van der Waals surface area (Å²) >= 11 is 5.49. The third-order valence-electron chi connectivity index (χ3n) is 4.81. The number of benzene rings is 1. The SMILES string of the molecule is CCOC(=O)CCCN1C(=O)c2cc3oc(-c4ccc([N+](=O)[O-])cc4)cc3n2C1=S. The number of hydrogen-bond donors (Lipinski definition) is 0. The van der Waals surface area contributed by atoms with E-state index in [2.05, 4.69) is 0 Å². The van der Waals surface area contributed by atoms with Gasteiger partial charge in [-0.2, -0.15) is 0 Å². The van der Waals surface area contributed by atoms with Gasteiger partial charge in [0.2, 0.25) is 0 Å². The molecule has 4 rings (SSSR count). The van der Waals surface area contributed by atoms with Gasteiger partial charge in [0.15, 0.2) is 10.7 Å². The van der Waals surface area contributed by atoms with Crippen LogP contribution in [-0.2, 0) is 9.53 Å². The second kappa shape index (κ2) is 7.71. The lowest BCUT2D eigenvalue weighted by atomic mass is 10.1. The molecule has 0 spiro atoms. The number of fused-ring (bicyclic) bond motifs is 3. The van der Waals surface area contributed by atoms with Crippen molar-refractivity contribution >= 4 is 46.0 Å². The second-order valence-corrected chi connectivity index (χ2v) is 7.04.